The van der Waals surface area contributed by atoms with E-state index in [1.165, 1.54) is 0 Å². The molecule has 1 amide bonds. The highest BCUT2D eigenvalue weighted by molar-refractivity contribution is 5.85. The van der Waals surface area contributed by atoms with Gasteiger partial charge in [0.2, 0.25) is 5.91 Å². The van der Waals surface area contributed by atoms with Crippen molar-refractivity contribution in [3.05, 3.63) is 0 Å². The molecule has 1 aliphatic rings. The van der Waals surface area contributed by atoms with Crippen LogP contribution in [0.3, 0.4) is 0 Å². The topological polar surface area (TPSA) is 64.3 Å². The van der Waals surface area contributed by atoms with Crippen LogP contribution in [0, 0.1) is 11.3 Å². The number of hydrogen-bond donors (Lipinski definition) is 2. The van der Waals surface area contributed by atoms with E-state index in [2.05, 4.69) is 26.1 Å². The van der Waals surface area contributed by atoms with Crippen molar-refractivity contribution in [2.45, 2.75) is 52.5 Å². The number of ether oxygens (including phenoxy) is 1. The van der Waals surface area contributed by atoms with Crippen LogP contribution in [0.1, 0.15) is 47.0 Å². The molecular weight excluding hydrogens is 228 g/mol. The van der Waals surface area contributed by atoms with E-state index in [0.717, 1.165) is 25.8 Å². The molecule has 0 aromatic heterocycles. The monoisotopic (exact) mass is 256 g/mol. The van der Waals surface area contributed by atoms with Gasteiger partial charge in [-0.3, -0.25) is 4.79 Å². The summed E-state index contributed by atoms with van der Waals surface area (Å²) in [4.78, 5) is 11.8. The summed E-state index contributed by atoms with van der Waals surface area (Å²) >= 11 is 0. The van der Waals surface area contributed by atoms with E-state index in [1.54, 1.807) is 0 Å². The Bertz CT molecular complexity index is 282. The molecule has 1 unspecified atom stereocenters. The lowest BCUT2D eigenvalue weighted by atomic mass is 9.92. The van der Waals surface area contributed by atoms with Crippen molar-refractivity contribution < 1.29 is 9.53 Å². The molecule has 1 rings (SSSR count). The summed E-state index contributed by atoms with van der Waals surface area (Å²) in [5, 5.41) is 3.26. The first-order valence-electron chi connectivity index (χ1n) is 6.94. The molecule has 0 bridgehead atoms. The second-order valence-electron chi connectivity index (χ2n) is 6.50. The molecule has 0 aromatic rings. The molecular formula is C14H28N2O2. The van der Waals surface area contributed by atoms with E-state index in [-0.39, 0.29) is 11.3 Å². The van der Waals surface area contributed by atoms with Crippen molar-refractivity contribution in [2.75, 3.05) is 19.8 Å². The number of carbonyl (C=O) groups is 1. The van der Waals surface area contributed by atoms with Crippen molar-refractivity contribution in [3.8, 4) is 0 Å². The average molecular weight is 256 g/mol. The van der Waals surface area contributed by atoms with Gasteiger partial charge in [0.1, 0.15) is 5.54 Å². The number of hydrogen-bond acceptors (Lipinski definition) is 3. The molecule has 1 aliphatic carbocycles. The van der Waals surface area contributed by atoms with Gasteiger partial charge in [-0.2, -0.15) is 0 Å². The lowest BCUT2D eigenvalue weighted by Crippen LogP contribution is -2.60. The van der Waals surface area contributed by atoms with Crippen molar-refractivity contribution in [1.29, 1.82) is 0 Å². The predicted molar refractivity (Wildman–Crippen MR) is 73.2 cm³/mol. The maximum Gasteiger partial charge on any atom is 0.240 e. The first-order valence-corrected chi connectivity index (χ1v) is 6.94. The minimum atomic E-state index is -0.646. The Morgan fingerprint density at radius 3 is 2.39 bits per heavy atom. The highest BCUT2D eigenvalue weighted by Gasteiger charge is 2.49. The second-order valence-corrected chi connectivity index (χ2v) is 6.50. The van der Waals surface area contributed by atoms with E-state index >= 15 is 0 Å². The number of rotatable bonds is 8. The number of primary amides is 1. The fraction of sp³-hybridized carbons (Fsp3) is 0.929. The van der Waals surface area contributed by atoms with E-state index in [4.69, 9.17) is 10.5 Å². The van der Waals surface area contributed by atoms with Gasteiger partial charge in [-0.15, -0.1) is 0 Å². The molecule has 0 radical (unpaired) electrons. The second kappa shape index (κ2) is 6.02. The summed E-state index contributed by atoms with van der Waals surface area (Å²) in [6.45, 7) is 10.4. The lowest BCUT2D eigenvalue weighted by molar-refractivity contribution is -0.128. The number of amides is 1. The first-order chi connectivity index (χ1) is 8.32. The van der Waals surface area contributed by atoms with E-state index in [9.17, 15) is 4.79 Å². The van der Waals surface area contributed by atoms with Gasteiger partial charge in [0.15, 0.2) is 0 Å². The fourth-order valence-electron chi connectivity index (χ4n) is 2.18. The normalized spacial score (nSPS) is 19.6. The first kappa shape index (κ1) is 15.4. The van der Waals surface area contributed by atoms with Crippen LogP contribution in [0.15, 0.2) is 0 Å². The third kappa shape index (κ3) is 4.25. The van der Waals surface area contributed by atoms with Gasteiger partial charge >= 0.3 is 0 Å². The summed E-state index contributed by atoms with van der Waals surface area (Å²) < 4.78 is 5.73. The maximum atomic E-state index is 11.8. The highest BCUT2D eigenvalue weighted by Crippen LogP contribution is 2.40. The summed E-state index contributed by atoms with van der Waals surface area (Å²) in [7, 11) is 0. The Morgan fingerprint density at radius 1 is 1.39 bits per heavy atom. The molecule has 106 valence electrons. The molecule has 0 spiro atoms. The van der Waals surface area contributed by atoms with Crippen molar-refractivity contribution in [1.82, 2.24) is 5.32 Å². The standard InChI is InChI=1S/C14H28N2O2/c1-5-16-14(12(15)17,11-6-7-11)10-18-9-8-13(2,3)4/h11,16H,5-10H2,1-4H3,(H2,15,17). The molecule has 1 fully saturated rings. The largest absolute Gasteiger partial charge is 0.379 e. The third-order valence-corrected chi connectivity index (χ3v) is 3.53. The minimum Gasteiger partial charge on any atom is -0.379 e. The number of nitrogens with two attached hydrogens (primary N) is 1. The van der Waals surface area contributed by atoms with E-state index in [1.807, 2.05) is 6.92 Å². The Balaban J connectivity index is 2.49. The zero-order chi connectivity index (χ0) is 13.8. The maximum absolute atomic E-state index is 11.8. The van der Waals surface area contributed by atoms with Crippen LogP contribution < -0.4 is 11.1 Å². The summed E-state index contributed by atoms with van der Waals surface area (Å²) in [6, 6.07) is 0. The lowest BCUT2D eigenvalue weighted by Gasteiger charge is -2.32. The van der Waals surface area contributed by atoms with Gasteiger partial charge < -0.3 is 15.8 Å². The molecule has 0 aliphatic heterocycles. The van der Waals surface area contributed by atoms with Crippen molar-refractivity contribution in [3.63, 3.8) is 0 Å². The molecule has 0 heterocycles. The van der Waals surface area contributed by atoms with Crippen LogP contribution in [-0.2, 0) is 9.53 Å². The van der Waals surface area contributed by atoms with Gasteiger partial charge in [-0.1, -0.05) is 27.7 Å². The Labute approximate surface area is 111 Å². The van der Waals surface area contributed by atoms with Crippen molar-refractivity contribution >= 4 is 5.91 Å². The van der Waals surface area contributed by atoms with Gasteiger partial charge in [0.25, 0.3) is 0 Å². The molecule has 1 saturated carbocycles. The van der Waals surface area contributed by atoms with Gasteiger partial charge in [-0.05, 0) is 37.1 Å². The minimum absolute atomic E-state index is 0.257. The van der Waals surface area contributed by atoms with Crippen LogP contribution in [-0.4, -0.2) is 31.2 Å². The zero-order valence-corrected chi connectivity index (χ0v) is 12.2. The average Bonchev–Trinajstić information content (AvgIpc) is 3.04. The number of carbonyl (C=O) groups excluding carboxylic acids is 1. The Morgan fingerprint density at radius 2 is 2.00 bits per heavy atom. The molecule has 0 aromatic carbocycles. The molecule has 1 atom stereocenters. The Hall–Kier alpha value is -0.610. The van der Waals surface area contributed by atoms with E-state index < -0.39 is 5.54 Å². The van der Waals surface area contributed by atoms with Crippen LogP contribution >= 0.6 is 0 Å². The number of nitrogens with one attached hydrogen (secondary N) is 1. The van der Waals surface area contributed by atoms with Crippen LogP contribution in [0.2, 0.25) is 0 Å². The van der Waals surface area contributed by atoms with Gasteiger partial charge in [0, 0.05) is 6.61 Å². The van der Waals surface area contributed by atoms with Crippen LogP contribution in [0.25, 0.3) is 0 Å². The SMILES string of the molecule is CCNC(COCCC(C)(C)C)(C(N)=O)C1CC1. The summed E-state index contributed by atoms with van der Waals surface area (Å²) in [5.74, 6) is 0.0761. The fourth-order valence-corrected chi connectivity index (χ4v) is 2.18. The molecule has 3 N–H and O–H groups in total. The highest BCUT2D eigenvalue weighted by atomic mass is 16.5. The number of likely N-dealkylation sites (N-methyl/N-ethyl adjacent to an activating group) is 1. The molecule has 0 saturated heterocycles. The van der Waals surface area contributed by atoms with Crippen molar-refractivity contribution in [2.24, 2.45) is 17.1 Å². The molecule has 18 heavy (non-hydrogen) atoms. The third-order valence-electron chi connectivity index (χ3n) is 3.53. The van der Waals surface area contributed by atoms with Gasteiger partial charge in [0.05, 0.1) is 6.61 Å². The predicted octanol–water partition coefficient (Wildman–Crippen LogP) is 1.68. The van der Waals surface area contributed by atoms with Crippen LogP contribution in [0.5, 0.6) is 0 Å². The molecule has 4 heteroatoms. The van der Waals surface area contributed by atoms with Gasteiger partial charge in [-0.25, -0.2) is 0 Å². The Kier molecular flexibility index (Phi) is 5.17. The smallest absolute Gasteiger partial charge is 0.240 e. The zero-order valence-electron chi connectivity index (χ0n) is 12.2. The summed E-state index contributed by atoms with van der Waals surface area (Å²) in [5.41, 5.74) is 5.20. The quantitative estimate of drug-likeness (QED) is 0.649. The summed E-state index contributed by atoms with van der Waals surface area (Å²) in [6.07, 6.45) is 3.12. The molecule has 4 nitrogen and oxygen atoms in total. The van der Waals surface area contributed by atoms with E-state index in [0.29, 0.717) is 19.1 Å². The van der Waals surface area contributed by atoms with Crippen LogP contribution in [0.4, 0.5) is 0 Å².